The summed E-state index contributed by atoms with van der Waals surface area (Å²) in [4.78, 5) is 11.0. The quantitative estimate of drug-likeness (QED) is 0.739. The Morgan fingerprint density at radius 2 is 1.93 bits per heavy atom. The van der Waals surface area contributed by atoms with Crippen molar-refractivity contribution in [3.05, 3.63) is 29.8 Å². The highest BCUT2D eigenvalue weighted by Gasteiger charge is 1.96. The highest BCUT2D eigenvalue weighted by molar-refractivity contribution is 5.73. The van der Waals surface area contributed by atoms with Crippen molar-refractivity contribution in [1.82, 2.24) is 10.6 Å². The molecule has 4 nitrogen and oxygen atoms in total. The van der Waals surface area contributed by atoms with E-state index in [2.05, 4.69) is 10.6 Å². The fourth-order valence-electron chi connectivity index (χ4n) is 1.04. The van der Waals surface area contributed by atoms with Gasteiger partial charge in [0.25, 0.3) is 0 Å². The molecule has 0 radical (unpaired) electrons. The zero-order chi connectivity index (χ0) is 11.1. The summed E-state index contributed by atoms with van der Waals surface area (Å²) in [6.07, 6.45) is 0. The smallest absolute Gasteiger partial charge is 0.317 e. The first-order valence-electron chi connectivity index (χ1n) is 4.93. The number of carbonyl (C=O) groups is 1. The number of rotatable bonds is 4. The van der Waals surface area contributed by atoms with Crippen molar-refractivity contribution in [2.45, 2.75) is 13.8 Å². The molecule has 15 heavy (non-hydrogen) atoms. The molecule has 0 unspecified atom stereocenters. The molecule has 0 heterocycles. The topological polar surface area (TPSA) is 50.4 Å². The van der Waals surface area contributed by atoms with Crippen LogP contribution in [0.25, 0.3) is 0 Å². The molecule has 1 aromatic carbocycles. The fourth-order valence-corrected chi connectivity index (χ4v) is 1.04. The lowest BCUT2D eigenvalue weighted by atomic mass is 10.2. The van der Waals surface area contributed by atoms with E-state index in [0.29, 0.717) is 6.54 Å². The van der Waals surface area contributed by atoms with Crippen molar-refractivity contribution in [3.8, 4) is 5.75 Å². The molecule has 82 valence electrons. The molecule has 0 bridgehead atoms. The fraction of sp³-hybridized carbons (Fsp3) is 0.364. The predicted molar refractivity (Wildman–Crippen MR) is 58.9 cm³/mol. The number of hydrogen-bond acceptors (Lipinski definition) is 2. The largest absolute Gasteiger partial charge is 0.473 e. The summed E-state index contributed by atoms with van der Waals surface area (Å²) >= 11 is 0. The number of carbonyl (C=O) groups excluding carboxylic acids is 1. The SMILES string of the molecule is CCNC(=O)NCOc1ccc(C)cc1. The third kappa shape index (κ3) is 4.35. The van der Waals surface area contributed by atoms with Crippen molar-refractivity contribution in [3.63, 3.8) is 0 Å². The van der Waals surface area contributed by atoms with Gasteiger partial charge < -0.3 is 15.4 Å². The van der Waals surface area contributed by atoms with E-state index in [4.69, 9.17) is 4.74 Å². The molecule has 1 rings (SSSR count). The Hall–Kier alpha value is -1.71. The van der Waals surface area contributed by atoms with Gasteiger partial charge in [0, 0.05) is 6.54 Å². The highest BCUT2D eigenvalue weighted by Crippen LogP contribution is 2.10. The minimum Gasteiger partial charge on any atom is -0.473 e. The molecular weight excluding hydrogens is 192 g/mol. The molecule has 0 spiro atoms. The number of nitrogens with one attached hydrogen (secondary N) is 2. The summed E-state index contributed by atoms with van der Waals surface area (Å²) < 4.78 is 5.31. The van der Waals surface area contributed by atoms with E-state index in [-0.39, 0.29) is 12.8 Å². The minimum atomic E-state index is -0.218. The molecule has 2 N–H and O–H groups in total. The van der Waals surface area contributed by atoms with Crippen LogP contribution < -0.4 is 15.4 Å². The normalized spacial score (nSPS) is 9.47. The van der Waals surface area contributed by atoms with Gasteiger partial charge >= 0.3 is 6.03 Å². The van der Waals surface area contributed by atoms with Crippen molar-refractivity contribution in [2.24, 2.45) is 0 Å². The van der Waals surface area contributed by atoms with Gasteiger partial charge in [-0.2, -0.15) is 0 Å². The number of urea groups is 1. The molecule has 0 aliphatic heterocycles. The summed E-state index contributed by atoms with van der Waals surface area (Å²) in [6, 6.07) is 7.44. The number of hydrogen-bond donors (Lipinski definition) is 2. The van der Waals surface area contributed by atoms with E-state index >= 15 is 0 Å². The average molecular weight is 208 g/mol. The van der Waals surface area contributed by atoms with Crippen LogP contribution in [0.1, 0.15) is 12.5 Å². The monoisotopic (exact) mass is 208 g/mol. The minimum absolute atomic E-state index is 0.175. The standard InChI is InChI=1S/C11H16N2O2/c1-3-12-11(14)13-8-15-10-6-4-9(2)5-7-10/h4-7H,3,8H2,1-2H3,(H2,12,13,14). The Morgan fingerprint density at radius 3 is 2.53 bits per heavy atom. The number of amides is 2. The van der Waals surface area contributed by atoms with Gasteiger partial charge in [-0.1, -0.05) is 17.7 Å². The Bertz CT molecular complexity index is 309. The van der Waals surface area contributed by atoms with Gasteiger partial charge in [0.2, 0.25) is 0 Å². The highest BCUT2D eigenvalue weighted by atomic mass is 16.5. The maximum absolute atomic E-state index is 11.0. The molecule has 0 aliphatic carbocycles. The van der Waals surface area contributed by atoms with E-state index in [9.17, 15) is 4.79 Å². The average Bonchev–Trinajstić information content (AvgIpc) is 2.21. The lowest BCUT2D eigenvalue weighted by molar-refractivity contribution is 0.224. The van der Waals surface area contributed by atoms with Crippen LogP contribution in [0.15, 0.2) is 24.3 Å². The second-order valence-electron chi connectivity index (χ2n) is 3.14. The van der Waals surface area contributed by atoms with Gasteiger partial charge in [-0.15, -0.1) is 0 Å². The van der Waals surface area contributed by atoms with Gasteiger partial charge in [-0.05, 0) is 26.0 Å². The molecule has 0 aromatic heterocycles. The Kier molecular flexibility index (Phi) is 4.47. The number of aryl methyl sites for hydroxylation is 1. The van der Waals surface area contributed by atoms with Crippen molar-refractivity contribution >= 4 is 6.03 Å². The molecule has 2 amide bonds. The Labute approximate surface area is 89.6 Å². The summed E-state index contributed by atoms with van der Waals surface area (Å²) in [5.41, 5.74) is 1.18. The van der Waals surface area contributed by atoms with Crippen LogP contribution in [0.3, 0.4) is 0 Å². The van der Waals surface area contributed by atoms with Crippen molar-refractivity contribution < 1.29 is 9.53 Å². The summed E-state index contributed by atoms with van der Waals surface area (Å²) in [5, 5.41) is 5.19. The predicted octanol–water partition coefficient (Wildman–Crippen LogP) is 1.65. The van der Waals surface area contributed by atoms with Crippen LogP contribution in [0.5, 0.6) is 5.75 Å². The molecule has 0 aliphatic rings. The van der Waals surface area contributed by atoms with Crippen molar-refractivity contribution in [2.75, 3.05) is 13.3 Å². The van der Waals surface area contributed by atoms with Crippen LogP contribution >= 0.6 is 0 Å². The molecule has 0 atom stereocenters. The molecule has 4 heteroatoms. The second-order valence-corrected chi connectivity index (χ2v) is 3.14. The lowest BCUT2D eigenvalue weighted by Crippen LogP contribution is -2.37. The maximum atomic E-state index is 11.0. The van der Waals surface area contributed by atoms with Crippen LogP contribution in [-0.2, 0) is 0 Å². The Morgan fingerprint density at radius 1 is 1.27 bits per heavy atom. The van der Waals surface area contributed by atoms with E-state index < -0.39 is 0 Å². The van der Waals surface area contributed by atoms with Gasteiger partial charge in [0.05, 0.1) is 0 Å². The molecule has 0 saturated carbocycles. The first-order chi connectivity index (χ1) is 7.22. The first-order valence-corrected chi connectivity index (χ1v) is 4.93. The molecule has 1 aromatic rings. The zero-order valence-electron chi connectivity index (χ0n) is 9.04. The van der Waals surface area contributed by atoms with E-state index in [1.54, 1.807) is 0 Å². The number of ether oxygens (including phenoxy) is 1. The van der Waals surface area contributed by atoms with Gasteiger partial charge in [0.15, 0.2) is 6.73 Å². The van der Waals surface area contributed by atoms with Crippen LogP contribution in [0.2, 0.25) is 0 Å². The first kappa shape index (κ1) is 11.4. The number of benzene rings is 1. The van der Waals surface area contributed by atoms with Gasteiger partial charge in [-0.25, -0.2) is 4.79 Å². The van der Waals surface area contributed by atoms with Crippen LogP contribution in [-0.4, -0.2) is 19.3 Å². The Balaban J connectivity index is 2.26. The van der Waals surface area contributed by atoms with Crippen molar-refractivity contribution in [1.29, 1.82) is 0 Å². The molecular formula is C11H16N2O2. The van der Waals surface area contributed by atoms with Crippen LogP contribution in [0, 0.1) is 6.92 Å². The third-order valence-corrected chi connectivity index (χ3v) is 1.83. The molecule has 0 saturated heterocycles. The summed E-state index contributed by atoms with van der Waals surface area (Å²) in [7, 11) is 0. The van der Waals surface area contributed by atoms with E-state index in [0.717, 1.165) is 5.75 Å². The van der Waals surface area contributed by atoms with Gasteiger partial charge in [0.1, 0.15) is 5.75 Å². The zero-order valence-corrected chi connectivity index (χ0v) is 9.04. The van der Waals surface area contributed by atoms with E-state index in [1.807, 2.05) is 38.1 Å². The lowest BCUT2D eigenvalue weighted by Gasteiger charge is -2.08. The summed E-state index contributed by atoms with van der Waals surface area (Å²) in [6.45, 7) is 4.66. The van der Waals surface area contributed by atoms with E-state index in [1.165, 1.54) is 5.56 Å². The maximum Gasteiger partial charge on any atom is 0.317 e. The van der Waals surface area contributed by atoms with Gasteiger partial charge in [-0.3, -0.25) is 0 Å². The third-order valence-electron chi connectivity index (χ3n) is 1.83. The second kappa shape index (κ2) is 5.90. The summed E-state index contributed by atoms with van der Waals surface area (Å²) in [5.74, 6) is 0.748. The van der Waals surface area contributed by atoms with Crippen LogP contribution in [0.4, 0.5) is 4.79 Å². The molecule has 0 fully saturated rings.